The Balaban J connectivity index is 1.87. The highest BCUT2D eigenvalue weighted by atomic mass is 32.2. The number of aliphatic hydroxyl groups excluding tert-OH is 1. The first kappa shape index (κ1) is 26.2. The molecule has 0 saturated heterocycles. The average Bonchev–Trinajstić information content (AvgIpc) is 3.36. The van der Waals surface area contributed by atoms with Gasteiger partial charge in [0.15, 0.2) is 0 Å². The molecule has 0 aromatic rings. The molecule has 2 rings (SSSR count). The van der Waals surface area contributed by atoms with E-state index >= 15 is 0 Å². The van der Waals surface area contributed by atoms with Gasteiger partial charge in [0, 0.05) is 18.1 Å². The van der Waals surface area contributed by atoms with Crippen LogP contribution in [0.3, 0.4) is 0 Å². The number of aliphatic imine (C=N–C) groups is 1. The van der Waals surface area contributed by atoms with Crippen LogP contribution in [-0.2, 0) is 14.3 Å². The van der Waals surface area contributed by atoms with Gasteiger partial charge in [-0.1, -0.05) is 47.5 Å². The van der Waals surface area contributed by atoms with Crippen LogP contribution in [0.4, 0.5) is 0 Å². The van der Waals surface area contributed by atoms with E-state index in [0.29, 0.717) is 12.8 Å². The van der Waals surface area contributed by atoms with E-state index in [9.17, 15) is 14.7 Å². The quantitative estimate of drug-likeness (QED) is 0.429. The summed E-state index contributed by atoms with van der Waals surface area (Å²) in [5.41, 5.74) is -0.151. The minimum atomic E-state index is -0.794. The molecule has 2 N–H and O–H groups in total. The summed E-state index contributed by atoms with van der Waals surface area (Å²) in [6.45, 7) is 10.4. The van der Waals surface area contributed by atoms with Crippen LogP contribution in [0.1, 0.15) is 86.0 Å². The number of nitrogens with zero attached hydrogens (tertiary/aromatic N) is 1. The normalized spacial score (nSPS) is 23.8. The lowest BCUT2D eigenvalue weighted by Gasteiger charge is -2.34. The summed E-state index contributed by atoms with van der Waals surface area (Å²) in [4.78, 5) is 28.0. The number of carboxylic acid groups (broad SMARTS) is 1. The number of aliphatic carboxylic acids is 1. The molecule has 0 amide bonds. The fourth-order valence-corrected chi connectivity index (χ4v) is 5.59. The second-order valence-electron chi connectivity index (χ2n) is 10.6. The maximum atomic E-state index is 12.6. The molecule has 2 aliphatic rings. The van der Waals surface area contributed by atoms with Gasteiger partial charge in [0.2, 0.25) is 0 Å². The summed E-state index contributed by atoms with van der Waals surface area (Å²) in [6, 6.07) is 0.0310. The van der Waals surface area contributed by atoms with Crippen LogP contribution in [0.15, 0.2) is 4.99 Å². The SMILES string of the molecule is C[C@H](CC(OC(=O)C1CCCC1)C(C)(C)C)C[C@H](O)[C@H](C)C1=N[C@H](CCC(=O)O)CS1. The number of thioether (sulfide) groups is 1. The molecule has 1 aliphatic heterocycles. The van der Waals surface area contributed by atoms with Gasteiger partial charge in [0.25, 0.3) is 0 Å². The molecular weight excluding hydrogens is 414 g/mol. The number of hydrogen-bond donors (Lipinski definition) is 2. The molecule has 1 unspecified atom stereocenters. The molecule has 1 fully saturated rings. The highest BCUT2D eigenvalue weighted by Crippen LogP contribution is 2.34. The Morgan fingerprint density at radius 1 is 1.19 bits per heavy atom. The average molecular weight is 456 g/mol. The smallest absolute Gasteiger partial charge is 0.309 e. The predicted molar refractivity (Wildman–Crippen MR) is 125 cm³/mol. The van der Waals surface area contributed by atoms with Crippen molar-refractivity contribution in [2.75, 3.05) is 5.75 Å². The minimum Gasteiger partial charge on any atom is -0.481 e. The molecule has 1 saturated carbocycles. The Morgan fingerprint density at radius 3 is 2.42 bits per heavy atom. The topological polar surface area (TPSA) is 96.2 Å². The molecule has 0 radical (unpaired) electrons. The summed E-state index contributed by atoms with van der Waals surface area (Å²) in [7, 11) is 0. The Kier molecular flexibility index (Phi) is 9.87. The van der Waals surface area contributed by atoms with Crippen LogP contribution in [0, 0.1) is 23.2 Å². The lowest BCUT2D eigenvalue weighted by Crippen LogP contribution is -2.36. The second-order valence-corrected chi connectivity index (χ2v) is 11.6. The van der Waals surface area contributed by atoms with E-state index in [0.717, 1.165) is 42.9 Å². The molecule has 0 spiro atoms. The lowest BCUT2D eigenvalue weighted by molar-refractivity contribution is -0.161. The summed E-state index contributed by atoms with van der Waals surface area (Å²) in [5.74, 6) is 0.125. The second kappa shape index (κ2) is 11.7. The van der Waals surface area contributed by atoms with E-state index in [1.54, 1.807) is 11.8 Å². The van der Waals surface area contributed by atoms with Crippen molar-refractivity contribution >= 4 is 28.7 Å². The van der Waals surface area contributed by atoms with Gasteiger partial charge in [0.1, 0.15) is 6.10 Å². The van der Waals surface area contributed by atoms with Crippen LogP contribution < -0.4 is 0 Å². The molecule has 6 nitrogen and oxygen atoms in total. The number of ether oxygens (including phenoxy) is 1. The van der Waals surface area contributed by atoms with Crippen LogP contribution >= 0.6 is 11.8 Å². The van der Waals surface area contributed by atoms with Crippen LogP contribution in [0.25, 0.3) is 0 Å². The molecule has 5 atom stereocenters. The Morgan fingerprint density at radius 2 is 1.84 bits per heavy atom. The van der Waals surface area contributed by atoms with Gasteiger partial charge in [-0.3, -0.25) is 14.6 Å². The van der Waals surface area contributed by atoms with E-state index in [4.69, 9.17) is 9.84 Å². The number of aliphatic hydroxyl groups is 1. The molecule has 7 heteroatoms. The maximum absolute atomic E-state index is 12.6. The van der Waals surface area contributed by atoms with Gasteiger partial charge in [-0.2, -0.15) is 0 Å². The summed E-state index contributed by atoms with van der Waals surface area (Å²) >= 11 is 1.63. The third-order valence-electron chi connectivity index (χ3n) is 6.56. The molecule has 178 valence electrons. The zero-order chi connectivity index (χ0) is 23.2. The van der Waals surface area contributed by atoms with E-state index in [1.807, 2.05) is 6.92 Å². The van der Waals surface area contributed by atoms with E-state index in [-0.39, 0.29) is 47.7 Å². The van der Waals surface area contributed by atoms with Gasteiger partial charge < -0.3 is 14.9 Å². The van der Waals surface area contributed by atoms with Crippen molar-refractivity contribution in [1.29, 1.82) is 0 Å². The number of carbonyl (C=O) groups excluding carboxylic acids is 1. The van der Waals surface area contributed by atoms with E-state index in [2.05, 4.69) is 32.7 Å². The Bertz CT molecular complexity index is 638. The third-order valence-corrected chi connectivity index (χ3v) is 7.89. The highest BCUT2D eigenvalue weighted by Gasteiger charge is 2.34. The van der Waals surface area contributed by atoms with Gasteiger partial charge >= 0.3 is 11.9 Å². The van der Waals surface area contributed by atoms with Crippen molar-refractivity contribution in [3.8, 4) is 0 Å². The Hall–Kier alpha value is -1.08. The van der Waals surface area contributed by atoms with Crippen LogP contribution in [0.5, 0.6) is 0 Å². The fraction of sp³-hybridized carbons (Fsp3) is 0.875. The monoisotopic (exact) mass is 455 g/mol. The standard InChI is InChI=1S/C24H41NO5S/c1-15(13-20(24(3,4)5)30-23(29)17-8-6-7-9-17)12-19(26)16(2)22-25-18(14-31-22)10-11-21(27)28/h15-20,26H,6-14H2,1-5H3,(H,27,28)/t15-,16-,18+,19-,20?/m0/s1. The van der Waals surface area contributed by atoms with Gasteiger partial charge in [-0.05, 0) is 43.4 Å². The molecular formula is C24H41NO5S. The first-order valence-electron chi connectivity index (χ1n) is 11.8. The van der Waals surface area contributed by atoms with Crippen LogP contribution in [-0.4, -0.2) is 51.2 Å². The number of rotatable bonds is 11. The minimum absolute atomic E-state index is 0.0310. The van der Waals surface area contributed by atoms with Crippen molar-refractivity contribution in [3.63, 3.8) is 0 Å². The number of hydrogen-bond acceptors (Lipinski definition) is 6. The zero-order valence-electron chi connectivity index (χ0n) is 19.8. The number of carboxylic acids is 1. The Labute approximate surface area is 191 Å². The van der Waals surface area contributed by atoms with Crippen LogP contribution in [0.2, 0.25) is 0 Å². The maximum Gasteiger partial charge on any atom is 0.309 e. The lowest BCUT2D eigenvalue weighted by atomic mass is 9.81. The molecule has 31 heavy (non-hydrogen) atoms. The first-order valence-corrected chi connectivity index (χ1v) is 12.8. The van der Waals surface area contributed by atoms with Crippen molar-refractivity contribution < 1.29 is 24.5 Å². The number of esters is 1. The molecule has 0 aromatic heterocycles. The van der Waals surface area contributed by atoms with Crippen molar-refractivity contribution in [1.82, 2.24) is 0 Å². The molecule has 0 aromatic carbocycles. The van der Waals surface area contributed by atoms with Gasteiger partial charge in [-0.15, -0.1) is 11.8 Å². The fourth-order valence-electron chi connectivity index (χ4n) is 4.34. The van der Waals surface area contributed by atoms with E-state index < -0.39 is 12.1 Å². The van der Waals surface area contributed by atoms with Crippen molar-refractivity contribution in [2.45, 2.75) is 104 Å². The van der Waals surface area contributed by atoms with Gasteiger partial charge in [-0.25, -0.2) is 0 Å². The third kappa shape index (κ3) is 8.41. The largest absolute Gasteiger partial charge is 0.481 e. The summed E-state index contributed by atoms with van der Waals surface area (Å²) in [6.07, 6.45) is 5.43. The van der Waals surface area contributed by atoms with Crippen molar-refractivity contribution in [2.24, 2.45) is 28.2 Å². The molecule has 1 aliphatic carbocycles. The summed E-state index contributed by atoms with van der Waals surface area (Å²) in [5, 5.41) is 20.6. The summed E-state index contributed by atoms with van der Waals surface area (Å²) < 4.78 is 5.98. The first-order chi connectivity index (χ1) is 14.5. The van der Waals surface area contributed by atoms with Gasteiger partial charge in [0.05, 0.1) is 23.1 Å². The molecule has 1 heterocycles. The zero-order valence-corrected chi connectivity index (χ0v) is 20.6. The molecule has 0 bridgehead atoms. The number of carbonyl (C=O) groups is 2. The van der Waals surface area contributed by atoms with E-state index in [1.165, 1.54) is 0 Å². The predicted octanol–water partition coefficient (Wildman–Crippen LogP) is 4.93. The van der Waals surface area contributed by atoms with Crippen molar-refractivity contribution in [3.05, 3.63) is 0 Å². The highest BCUT2D eigenvalue weighted by molar-refractivity contribution is 8.14.